The third-order valence-electron chi connectivity index (χ3n) is 4.22. The monoisotopic (exact) mass is 313 g/mol. The summed E-state index contributed by atoms with van der Waals surface area (Å²) >= 11 is 0. The Labute approximate surface area is 140 Å². The van der Waals surface area contributed by atoms with Gasteiger partial charge in [0.2, 0.25) is 5.91 Å². The van der Waals surface area contributed by atoms with Gasteiger partial charge in [0.1, 0.15) is 0 Å². The number of hydrogen-bond donors (Lipinski definition) is 0. The van der Waals surface area contributed by atoms with Crippen molar-refractivity contribution in [2.45, 2.75) is 6.42 Å². The van der Waals surface area contributed by atoms with Gasteiger partial charge in [-0.25, -0.2) is 0 Å². The summed E-state index contributed by atoms with van der Waals surface area (Å²) in [5.41, 5.74) is 3.87. The number of ketones is 1. The van der Waals surface area contributed by atoms with Crippen LogP contribution in [0.3, 0.4) is 0 Å². The van der Waals surface area contributed by atoms with E-state index in [2.05, 4.69) is 0 Å². The van der Waals surface area contributed by atoms with Gasteiger partial charge in [-0.05, 0) is 35.9 Å². The minimum absolute atomic E-state index is 0.0241. The van der Waals surface area contributed by atoms with Crippen LogP contribution in [0, 0.1) is 0 Å². The highest BCUT2D eigenvalue weighted by atomic mass is 16.2. The molecule has 3 heteroatoms. The van der Waals surface area contributed by atoms with Crippen LogP contribution in [0.15, 0.2) is 78.9 Å². The van der Waals surface area contributed by atoms with E-state index < -0.39 is 0 Å². The molecule has 0 fully saturated rings. The summed E-state index contributed by atoms with van der Waals surface area (Å²) < 4.78 is 0. The molecule has 0 aromatic heterocycles. The van der Waals surface area contributed by atoms with Gasteiger partial charge < -0.3 is 0 Å². The molecule has 0 spiro atoms. The van der Waals surface area contributed by atoms with Gasteiger partial charge in [-0.15, -0.1) is 0 Å². The predicted octanol–water partition coefficient (Wildman–Crippen LogP) is 4.14. The number of amides is 1. The molecular formula is C21H15NO2. The maximum absolute atomic E-state index is 12.6. The number of benzene rings is 3. The molecule has 116 valence electrons. The van der Waals surface area contributed by atoms with E-state index in [9.17, 15) is 9.59 Å². The lowest BCUT2D eigenvalue weighted by Gasteiger charge is -2.17. The number of para-hydroxylation sites is 1. The Bertz CT molecular complexity index is 917. The van der Waals surface area contributed by atoms with Gasteiger partial charge in [-0.1, -0.05) is 48.5 Å². The van der Waals surface area contributed by atoms with Crippen LogP contribution in [0.2, 0.25) is 0 Å². The average Bonchev–Trinajstić information content (AvgIpc) is 2.97. The first-order valence-electron chi connectivity index (χ1n) is 7.85. The fraction of sp³-hybridized carbons (Fsp3) is 0.0476. The molecule has 0 aliphatic carbocycles. The molecule has 1 heterocycles. The standard InChI is InChI=1S/C21H15NO2/c23-20-14-17-13-16(21(24)15-7-3-1-4-8-15)11-12-19(17)22(20)18-9-5-2-6-10-18/h1-13H,14H2. The Morgan fingerprint density at radius 1 is 0.792 bits per heavy atom. The second-order valence-corrected chi connectivity index (χ2v) is 5.78. The Morgan fingerprint density at radius 2 is 1.46 bits per heavy atom. The van der Waals surface area contributed by atoms with Crippen molar-refractivity contribution in [3.8, 4) is 0 Å². The fourth-order valence-corrected chi connectivity index (χ4v) is 3.08. The molecule has 24 heavy (non-hydrogen) atoms. The van der Waals surface area contributed by atoms with Crippen molar-refractivity contribution in [3.05, 3.63) is 95.6 Å². The van der Waals surface area contributed by atoms with E-state index in [1.807, 2.05) is 60.7 Å². The summed E-state index contributed by atoms with van der Waals surface area (Å²) in [6, 6.07) is 24.3. The first-order valence-corrected chi connectivity index (χ1v) is 7.85. The van der Waals surface area contributed by atoms with Crippen LogP contribution in [0.1, 0.15) is 21.5 Å². The van der Waals surface area contributed by atoms with E-state index in [1.54, 1.807) is 23.1 Å². The minimum Gasteiger partial charge on any atom is -0.289 e. The minimum atomic E-state index is -0.0241. The van der Waals surface area contributed by atoms with Crippen LogP contribution in [0.25, 0.3) is 0 Å². The van der Waals surface area contributed by atoms with Crippen molar-refractivity contribution in [3.63, 3.8) is 0 Å². The number of carbonyl (C=O) groups is 2. The maximum atomic E-state index is 12.6. The molecule has 0 N–H and O–H groups in total. The number of fused-ring (bicyclic) bond motifs is 1. The second-order valence-electron chi connectivity index (χ2n) is 5.78. The van der Waals surface area contributed by atoms with Gasteiger partial charge in [0, 0.05) is 16.8 Å². The van der Waals surface area contributed by atoms with Crippen molar-refractivity contribution in [2.24, 2.45) is 0 Å². The molecule has 3 aromatic rings. The van der Waals surface area contributed by atoms with Gasteiger partial charge in [-0.2, -0.15) is 0 Å². The number of rotatable bonds is 3. The molecule has 0 radical (unpaired) electrons. The zero-order chi connectivity index (χ0) is 16.5. The number of carbonyl (C=O) groups excluding carboxylic acids is 2. The topological polar surface area (TPSA) is 37.4 Å². The van der Waals surface area contributed by atoms with Crippen molar-refractivity contribution >= 4 is 23.1 Å². The lowest BCUT2D eigenvalue weighted by molar-refractivity contribution is -0.116. The number of anilines is 2. The lowest BCUT2D eigenvalue weighted by Crippen LogP contribution is -2.20. The van der Waals surface area contributed by atoms with Gasteiger partial charge in [0.25, 0.3) is 0 Å². The Hall–Kier alpha value is -3.20. The summed E-state index contributed by atoms with van der Waals surface area (Å²) in [4.78, 5) is 26.7. The first kappa shape index (κ1) is 14.4. The van der Waals surface area contributed by atoms with Gasteiger partial charge >= 0.3 is 0 Å². The zero-order valence-corrected chi connectivity index (χ0v) is 13.0. The van der Waals surface area contributed by atoms with Crippen LogP contribution in [0.4, 0.5) is 11.4 Å². The van der Waals surface area contributed by atoms with E-state index in [0.717, 1.165) is 16.9 Å². The Morgan fingerprint density at radius 3 is 2.17 bits per heavy atom. The predicted molar refractivity (Wildman–Crippen MR) is 93.6 cm³/mol. The molecule has 0 saturated carbocycles. The summed E-state index contributed by atoms with van der Waals surface area (Å²) in [6.45, 7) is 0. The van der Waals surface area contributed by atoms with Crippen molar-refractivity contribution in [2.75, 3.05) is 4.90 Å². The van der Waals surface area contributed by atoms with Crippen LogP contribution < -0.4 is 4.90 Å². The lowest BCUT2D eigenvalue weighted by atomic mass is 10.0. The highest BCUT2D eigenvalue weighted by Crippen LogP contribution is 2.36. The average molecular weight is 313 g/mol. The van der Waals surface area contributed by atoms with Crippen LogP contribution >= 0.6 is 0 Å². The van der Waals surface area contributed by atoms with Crippen molar-refractivity contribution in [1.29, 1.82) is 0 Å². The second kappa shape index (κ2) is 5.78. The molecule has 1 aliphatic rings. The summed E-state index contributed by atoms with van der Waals surface area (Å²) in [5, 5.41) is 0. The van der Waals surface area contributed by atoms with Crippen LogP contribution in [-0.4, -0.2) is 11.7 Å². The highest BCUT2D eigenvalue weighted by molar-refractivity contribution is 6.11. The van der Waals surface area contributed by atoms with Crippen molar-refractivity contribution < 1.29 is 9.59 Å². The molecule has 1 aliphatic heterocycles. The molecule has 0 unspecified atom stereocenters. The summed E-state index contributed by atoms with van der Waals surface area (Å²) in [5.74, 6) is 0.00419. The van der Waals surface area contributed by atoms with E-state index in [-0.39, 0.29) is 11.7 Å². The Kier molecular flexibility index (Phi) is 3.47. The molecular weight excluding hydrogens is 298 g/mol. The quantitative estimate of drug-likeness (QED) is 0.682. The zero-order valence-electron chi connectivity index (χ0n) is 13.0. The third-order valence-corrected chi connectivity index (χ3v) is 4.22. The SMILES string of the molecule is O=C(c1ccccc1)c1ccc2c(c1)CC(=O)N2c1ccccc1. The molecule has 0 bridgehead atoms. The molecule has 0 saturated heterocycles. The van der Waals surface area contributed by atoms with E-state index in [1.165, 1.54) is 0 Å². The highest BCUT2D eigenvalue weighted by Gasteiger charge is 2.29. The van der Waals surface area contributed by atoms with Gasteiger partial charge in [0.05, 0.1) is 12.1 Å². The van der Waals surface area contributed by atoms with Crippen molar-refractivity contribution in [1.82, 2.24) is 0 Å². The van der Waals surface area contributed by atoms with E-state index >= 15 is 0 Å². The Balaban J connectivity index is 1.72. The molecule has 1 amide bonds. The normalized spacial score (nSPS) is 13.0. The van der Waals surface area contributed by atoms with Crippen LogP contribution in [0.5, 0.6) is 0 Å². The van der Waals surface area contributed by atoms with Gasteiger partial charge in [-0.3, -0.25) is 14.5 Å². The third kappa shape index (κ3) is 2.40. The molecule has 0 atom stereocenters. The molecule has 3 nitrogen and oxygen atoms in total. The molecule has 4 rings (SSSR count). The smallest absolute Gasteiger partial charge is 0.236 e. The maximum Gasteiger partial charge on any atom is 0.236 e. The summed E-state index contributed by atoms with van der Waals surface area (Å²) in [6.07, 6.45) is 0.320. The number of nitrogens with zero attached hydrogens (tertiary/aromatic N) is 1. The largest absolute Gasteiger partial charge is 0.289 e. The molecule has 3 aromatic carbocycles. The fourth-order valence-electron chi connectivity index (χ4n) is 3.08. The van der Waals surface area contributed by atoms with E-state index in [0.29, 0.717) is 17.5 Å². The van der Waals surface area contributed by atoms with Crippen LogP contribution in [-0.2, 0) is 11.2 Å². The first-order chi connectivity index (χ1) is 11.7. The van der Waals surface area contributed by atoms with Gasteiger partial charge in [0.15, 0.2) is 5.78 Å². The number of hydrogen-bond acceptors (Lipinski definition) is 2. The van der Waals surface area contributed by atoms with E-state index in [4.69, 9.17) is 0 Å². The summed E-state index contributed by atoms with van der Waals surface area (Å²) in [7, 11) is 0.